The number of H-pyrrole nitrogens is 1. The Hall–Kier alpha value is -5.50. The summed E-state index contributed by atoms with van der Waals surface area (Å²) in [6.45, 7) is 5.97. The van der Waals surface area contributed by atoms with Crippen LogP contribution in [0.3, 0.4) is 0 Å². The Morgan fingerprint density at radius 2 is 1.72 bits per heavy atom. The third kappa shape index (κ3) is 10.3. The maximum absolute atomic E-state index is 14.4. The Morgan fingerprint density at radius 3 is 2.38 bits per heavy atom. The summed E-state index contributed by atoms with van der Waals surface area (Å²) in [6, 6.07) is 22.6. The van der Waals surface area contributed by atoms with Crippen LogP contribution in [0, 0.1) is 29.0 Å². The fourth-order valence-corrected chi connectivity index (χ4v) is 6.06. The molecule has 1 aromatic heterocycles. The van der Waals surface area contributed by atoms with Crippen LogP contribution in [0.2, 0.25) is 0 Å². The quantitative estimate of drug-likeness (QED) is 0.134. The number of anilines is 1. The Kier molecular flexibility index (Phi) is 11.6. The summed E-state index contributed by atoms with van der Waals surface area (Å²) in [5.41, 5.74) is 2.97. The molecular formula is C39H43FN6O4. The fraction of sp³-hybridized carbons (Fsp3) is 0.359. The number of hydrogen-bond donors (Lipinski definition) is 4. The summed E-state index contributed by atoms with van der Waals surface area (Å²) in [4.78, 5) is 46.1. The van der Waals surface area contributed by atoms with Crippen LogP contribution in [0.4, 0.5) is 14.9 Å². The van der Waals surface area contributed by atoms with Gasteiger partial charge in [0.05, 0.1) is 29.9 Å². The Morgan fingerprint density at radius 1 is 1.00 bits per heavy atom. The van der Waals surface area contributed by atoms with Gasteiger partial charge in [0.15, 0.2) is 0 Å². The third-order valence-electron chi connectivity index (χ3n) is 8.68. The van der Waals surface area contributed by atoms with Crippen molar-refractivity contribution >= 4 is 23.6 Å². The molecule has 260 valence electrons. The van der Waals surface area contributed by atoms with Gasteiger partial charge in [-0.05, 0) is 94.2 Å². The minimum absolute atomic E-state index is 0.0475. The fourth-order valence-electron chi connectivity index (χ4n) is 6.06. The molecule has 5 rings (SSSR count). The third-order valence-corrected chi connectivity index (χ3v) is 8.68. The first kappa shape index (κ1) is 35.8. The number of aromatic amines is 1. The molecular weight excluding hydrogens is 635 g/mol. The zero-order valence-corrected chi connectivity index (χ0v) is 28.6. The lowest BCUT2D eigenvalue weighted by atomic mass is 9.81. The van der Waals surface area contributed by atoms with E-state index in [0.29, 0.717) is 48.6 Å². The minimum Gasteiger partial charge on any atom is -0.444 e. The first-order chi connectivity index (χ1) is 24.0. The van der Waals surface area contributed by atoms with E-state index in [1.165, 1.54) is 12.1 Å². The first-order valence-corrected chi connectivity index (χ1v) is 16.9. The highest BCUT2D eigenvalue weighted by Gasteiger charge is 2.29. The van der Waals surface area contributed by atoms with Crippen molar-refractivity contribution in [2.24, 2.45) is 11.8 Å². The number of ether oxygens (including phenoxy) is 1. The monoisotopic (exact) mass is 678 g/mol. The second-order valence-corrected chi connectivity index (χ2v) is 13.8. The van der Waals surface area contributed by atoms with E-state index in [1.807, 2.05) is 81.4 Å². The van der Waals surface area contributed by atoms with Crippen molar-refractivity contribution in [1.82, 2.24) is 20.6 Å². The van der Waals surface area contributed by atoms with Crippen LogP contribution in [0.15, 0.2) is 79.0 Å². The Bertz CT molecular complexity index is 1820. The summed E-state index contributed by atoms with van der Waals surface area (Å²) < 4.78 is 19.7. The number of carbonyl (C=O) groups excluding carboxylic acids is 3. The second kappa shape index (κ2) is 16.3. The number of nitriles is 1. The predicted octanol–water partition coefficient (Wildman–Crippen LogP) is 7.00. The van der Waals surface area contributed by atoms with Crippen LogP contribution in [0.5, 0.6) is 0 Å². The molecule has 4 aromatic rings. The van der Waals surface area contributed by atoms with Crippen molar-refractivity contribution < 1.29 is 23.5 Å². The molecule has 0 bridgehead atoms. The van der Waals surface area contributed by atoms with Gasteiger partial charge in [-0.15, -0.1) is 0 Å². The van der Waals surface area contributed by atoms with Crippen molar-refractivity contribution in [2.45, 2.75) is 70.9 Å². The molecule has 3 aromatic carbocycles. The summed E-state index contributed by atoms with van der Waals surface area (Å²) in [5, 5.41) is 18.1. The molecule has 0 radical (unpaired) electrons. The number of hydrogen-bond acceptors (Lipinski definition) is 6. The number of carbonyl (C=O) groups is 3. The summed E-state index contributed by atoms with van der Waals surface area (Å²) in [5.74, 6) is -0.256. The molecule has 1 aliphatic carbocycles. The summed E-state index contributed by atoms with van der Waals surface area (Å²) in [6.07, 6.45) is 4.79. The van der Waals surface area contributed by atoms with E-state index in [-0.39, 0.29) is 35.6 Å². The number of rotatable bonds is 11. The highest BCUT2D eigenvalue weighted by molar-refractivity contribution is 5.92. The largest absolute Gasteiger partial charge is 0.444 e. The molecule has 1 fully saturated rings. The predicted molar refractivity (Wildman–Crippen MR) is 188 cm³/mol. The van der Waals surface area contributed by atoms with Gasteiger partial charge >= 0.3 is 6.09 Å². The van der Waals surface area contributed by atoms with E-state index in [1.54, 1.807) is 12.3 Å². The zero-order valence-electron chi connectivity index (χ0n) is 28.6. The molecule has 10 nitrogen and oxygen atoms in total. The van der Waals surface area contributed by atoms with Gasteiger partial charge in [0.25, 0.3) is 0 Å². The number of halogens is 1. The zero-order chi connectivity index (χ0) is 35.7. The number of alkyl carbamates (subject to hydrolysis) is 1. The van der Waals surface area contributed by atoms with Gasteiger partial charge in [-0.2, -0.15) is 5.26 Å². The number of amides is 3. The number of imidazole rings is 1. The molecule has 1 saturated carbocycles. The van der Waals surface area contributed by atoms with Gasteiger partial charge in [-0.25, -0.2) is 14.2 Å². The molecule has 50 heavy (non-hydrogen) atoms. The number of nitrogens with zero attached hydrogens (tertiary/aromatic N) is 2. The van der Waals surface area contributed by atoms with Crippen LogP contribution in [-0.4, -0.2) is 40.0 Å². The van der Waals surface area contributed by atoms with E-state index in [9.17, 15) is 18.8 Å². The molecule has 0 saturated heterocycles. The summed E-state index contributed by atoms with van der Waals surface area (Å²) >= 11 is 0. The molecule has 0 spiro atoms. The second-order valence-electron chi connectivity index (χ2n) is 13.8. The van der Waals surface area contributed by atoms with E-state index in [2.05, 4.69) is 25.9 Å². The molecule has 1 heterocycles. The van der Waals surface area contributed by atoms with Crippen molar-refractivity contribution in [2.75, 3.05) is 11.9 Å². The van der Waals surface area contributed by atoms with Crippen LogP contribution in [0.25, 0.3) is 11.3 Å². The topological polar surface area (TPSA) is 149 Å². The van der Waals surface area contributed by atoms with Gasteiger partial charge in [0, 0.05) is 23.7 Å². The van der Waals surface area contributed by atoms with E-state index in [0.717, 1.165) is 24.0 Å². The van der Waals surface area contributed by atoms with Crippen molar-refractivity contribution in [3.05, 3.63) is 107 Å². The molecule has 0 aliphatic heterocycles. The van der Waals surface area contributed by atoms with Crippen molar-refractivity contribution in [3.8, 4) is 17.3 Å². The Labute approximate surface area is 291 Å². The lowest BCUT2D eigenvalue weighted by molar-refractivity contribution is -0.127. The van der Waals surface area contributed by atoms with Gasteiger partial charge in [-0.1, -0.05) is 48.5 Å². The van der Waals surface area contributed by atoms with Crippen LogP contribution >= 0.6 is 0 Å². The normalized spacial score (nSPS) is 16.5. The molecule has 1 aliphatic rings. The van der Waals surface area contributed by atoms with Gasteiger partial charge < -0.3 is 25.7 Å². The lowest BCUT2D eigenvalue weighted by Gasteiger charge is -2.29. The standard InChI is InChI=1S/C39H43FN6O4/c1-39(2,3)50-38(49)43-23-27-9-13-28(14-10-27)37(48)46-33(36-42-24-34(45-36)29-15-16-30(22-41)32(40)21-29)19-26-11-17-31(18-12-26)44-35(47)20-25-7-5-4-6-8-25/h4-8,11-12,15-18,21,24,27-28,33H,9-10,13-14,19-20,23H2,1-3H3,(H,42,45)(H,43,49)(H,44,47)(H,46,48). The first-order valence-electron chi connectivity index (χ1n) is 16.9. The van der Waals surface area contributed by atoms with Gasteiger partial charge in [0.1, 0.15) is 23.3 Å². The minimum atomic E-state index is -0.626. The molecule has 1 atom stereocenters. The number of benzene rings is 3. The van der Waals surface area contributed by atoms with Crippen molar-refractivity contribution in [3.63, 3.8) is 0 Å². The lowest BCUT2D eigenvalue weighted by Crippen LogP contribution is -2.39. The maximum Gasteiger partial charge on any atom is 0.407 e. The average Bonchev–Trinajstić information content (AvgIpc) is 3.58. The molecule has 4 N–H and O–H groups in total. The molecule has 1 unspecified atom stereocenters. The SMILES string of the molecule is CC(C)(C)OC(=O)NCC1CCC(C(=O)NC(Cc2ccc(NC(=O)Cc3ccccc3)cc2)c2ncc(-c3ccc(C#N)c(F)c3)[nH]2)CC1. The number of aromatic nitrogens is 2. The highest BCUT2D eigenvalue weighted by atomic mass is 19.1. The molecule has 11 heteroatoms. The Balaban J connectivity index is 1.25. The average molecular weight is 679 g/mol. The highest BCUT2D eigenvalue weighted by Crippen LogP contribution is 2.30. The van der Waals surface area contributed by atoms with E-state index < -0.39 is 23.6 Å². The molecule has 3 amide bonds. The van der Waals surface area contributed by atoms with Gasteiger partial charge in [0.2, 0.25) is 11.8 Å². The van der Waals surface area contributed by atoms with E-state index in [4.69, 9.17) is 10.00 Å². The van der Waals surface area contributed by atoms with Crippen LogP contribution in [0.1, 0.15) is 75.0 Å². The number of nitrogens with one attached hydrogen (secondary N) is 4. The maximum atomic E-state index is 14.4. The smallest absolute Gasteiger partial charge is 0.407 e. The van der Waals surface area contributed by atoms with Crippen LogP contribution in [-0.2, 0) is 27.2 Å². The van der Waals surface area contributed by atoms with Gasteiger partial charge in [-0.3, -0.25) is 9.59 Å². The van der Waals surface area contributed by atoms with Crippen LogP contribution < -0.4 is 16.0 Å². The van der Waals surface area contributed by atoms with Crippen molar-refractivity contribution in [1.29, 1.82) is 5.26 Å². The summed E-state index contributed by atoms with van der Waals surface area (Å²) in [7, 11) is 0. The van der Waals surface area contributed by atoms with E-state index >= 15 is 0 Å².